The average molecular weight is 1160 g/mol. The van der Waals surface area contributed by atoms with Gasteiger partial charge >= 0.3 is 0 Å². The first-order chi connectivity index (χ1) is 41.7. The van der Waals surface area contributed by atoms with Crippen LogP contribution in [0.5, 0.6) is 17.2 Å². The lowest BCUT2D eigenvalue weighted by molar-refractivity contribution is -0.142. The van der Waals surface area contributed by atoms with Gasteiger partial charge in [-0.2, -0.15) is 0 Å². The van der Waals surface area contributed by atoms with Gasteiger partial charge in [0.25, 0.3) is 0 Å². The van der Waals surface area contributed by atoms with Crippen LogP contribution in [-0.2, 0) is 35.3 Å². The van der Waals surface area contributed by atoms with Crippen molar-refractivity contribution in [2.45, 2.75) is 153 Å². The largest absolute Gasteiger partial charge is 0.507 e. The van der Waals surface area contributed by atoms with Gasteiger partial charge in [-0.3, -0.25) is 9.59 Å². The van der Waals surface area contributed by atoms with Crippen molar-refractivity contribution in [2.75, 3.05) is 32.1 Å². The normalized spacial score (nSPS) is 27.8. The molecule has 12 unspecified atom stereocenters. The number of β-amino-alcohol motifs (C(OH)–C–C–N with tert-alkyl or cyclic N) is 1. The maximum absolute atomic E-state index is 15.4. The Kier molecular flexibility index (Phi) is 19.2. The molecule has 452 valence electrons. The highest BCUT2D eigenvalue weighted by Gasteiger charge is 2.44. The van der Waals surface area contributed by atoms with Crippen molar-refractivity contribution < 1.29 is 39.9 Å². The number of ketones is 2. The number of hydrogen-bond acceptors (Lipinski definition) is 11. The van der Waals surface area contributed by atoms with E-state index in [1.165, 1.54) is 19.1 Å². The molecular weight excluding hydrogens is 1070 g/mol. The Morgan fingerprint density at radius 3 is 2.40 bits per heavy atom. The summed E-state index contributed by atoms with van der Waals surface area (Å²) in [5.74, 6) is 6.47. The Balaban J connectivity index is 1.03. The minimum Gasteiger partial charge on any atom is -0.507 e. The number of aromatic amines is 1. The summed E-state index contributed by atoms with van der Waals surface area (Å²) >= 11 is 0. The summed E-state index contributed by atoms with van der Waals surface area (Å²) in [6.07, 6.45) is 12.6. The number of H-pyrrole nitrogens is 1. The molecule has 9 N–H and O–H groups in total. The predicted octanol–water partition coefficient (Wildman–Crippen LogP) is 12.2. The number of Topliss-reactive ketones (excluding diaryl/α,β-unsaturated/α-hetero) is 2. The smallest absolute Gasteiger partial charge is 0.173 e. The number of hydrogen-bond donors (Lipinski definition) is 9. The van der Waals surface area contributed by atoms with Crippen molar-refractivity contribution in [1.29, 1.82) is 0 Å². The van der Waals surface area contributed by atoms with Gasteiger partial charge in [-0.05, 0) is 185 Å². The van der Waals surface area contributed by atoms with Crippen molar-refractivity contribution in [3.63, 3.8) is 0 Å². The number of aliphatic hydroxyl groups is 3. The maximum Gasteiger partial charge on any atom is 0.173 e. The number of benzene rings is 5. The van der Waals surface area contributed by atoms with Gasteiger partial charge in [0.2, 0.25) is 0 Å². The van der Waals surface area contributed by atoms with E-state index in [-0.39, 0.29) is 60.2 Å². The van der Waals surface area contributed by atoms with Crippen molar-refractivity contribution in [3.8, 4) is 29.1 Å². The third kappa shape index (κ3) is 13.8. The van der Waals surface area contributed by atoms with E-state index in [0.29, 0.717) is 87.4 Å². The number of phenols is 2. The summed E-state index contributed by atoms with van der Waals surface area (Å²) in [6, 6.07) is 32.7. The second-order valence-electron chi connectivity index (χ2n) is 26.0. The molecule has 9 bridgehead atoms. The SMILES string of the molecule is CCCC1C(O)Cc2cc(c[nH]2)C(C)CNCC(O)Cc2ccc3cc(Cc4ccccc4)c(cc3c2O)NC2=CC(=CCN2)CC2CC3C#CC(c4ccccc4C4CCCC(C)C4)c4cc(O)c(OC)cc4CCC(=O)C(O)C(=O)C3CC1C2. The molecule has 2 aliphatic heterocycles. The molecule has 1 aromatic heterocycles. The van der Waals surface area contributed by atoms with E-state index in [4.69, 9.17) is 4.74 Å². The second-order valence-corrected chi connectivity index (χ2v) is 26.0. The number of aryl methyl sites for hydroxylation is 1. The predicted molar refractivity (Wildman–Crippen MR) is 340 cm³/mol. The zero-order valence-electron chi connectivity index (χ0n) is 50.6. The number of aromatic hydroxyl groups is 2. The fourth-order valence-corrected chi connectivity index (χ4v) is 15.2. The number of ether oxygens (including phenoxy) is 1. The summed E-state index contributed by atoms with van der Waals surface area (Å²) in [6.45, 7) is 8.10. The van der Waals surface area contributed by atoms with Crippen molar-refractivity contribution in [3.05, 3.63) is 177 Å². The van der Waals surface area contributed by atoms with E-state index in [1.807, 2.05) is 42.6 Å². The van der Waals surface area contributed by atoms with Gasteiger partial charge in [0.15, 0.2) is 29.2 Å². The van der Waals surface area contributed by atoms with Crippen LogP contribution in [-0.4, -0.2) is 87.1 Å². The number of dihydropyridines is 1. The monoisotopic (exact) mass is 1160 g/mol. The Morgan fingerprint density at radius 1 is 0.779 bits per heavy atom. The van der Waals surface area contributed by atoms with Gasteiger partial charge in [0, 0.05) is 73.7 Å². The molecule has 0 spiro atoms. The number of aromatic nitrogens is 1. The average Bonchev–Trinajstić information content (AvgIpc) is 2.08. The van der Waals surface area contributed by atoms with Crippen LogP contribution in [0, 0.1) is 47.3 Å². The molecule has 11 rings (SSSR count). The van der Waals surface area contributed by atoms with Crippen LogP contribution in [0.1, 0.15) is 159 Å². The summed E-state index contributed by atoms with van der Waals surface area (Å²) in [5, 5.41) is 72.1. The lowest BCUT2D eigenvalue weighted by Gasteiger charge is -2.33. The van der Waals surface area contributed by atoms with E-state index in [0.717, 1.165) is 87.2 Å². The Bertz CT molecular complexity index is 3520. The van der Waals surface area contributed by atoms with Gasteiger partial charge in [-0.25, -0.2) is 0 Å². The van der Waals surface area contributed by atoms with Gasteiger partial charge < -0.3 is 51.2 Å². The number of methoxy groups -OCH3 is 1. The summed E-state index contributed by atoms with van der Waals surface area (Å²) in [5.41, 5.74) is 10.7. The molecule has 2 saturated carbocycles. The molecule has 2 fully saturated rings. The highest BCUT2D eigenvalue weighted by Crippen LogP contribution is 2.47. The standard InChI is InChI=1S/C74H88N4O8/c1-5-12-60-54-31-48(30-50-21-23-62(61-18-10-9-17-59(61)49-16-11-13-44(2)27-49)63-40-69(82)70(86-4)37-52(63)22-24-67(80)74(85)73(84)64(50)36-54)28-47-25-26-76-71(32-47)78-66-39-65-51(33-55(66)29-46-14-7-6-8-15-46)19-20-53(72(65)83)35-58(79)43-75-41-45(3)56-34-57(77-42-56)38-68(60)81/h6-10,14-15,17-20,25,32-34,37,39-40,42,44-45,48-50,54,58,60,62,64,68,74-79,81-83,85H,5,11-13,16,22,24,26-31,35-36,38,41,43H2,1-4H3. The van der Waals surface area contributed by atoms with E-state index in [9.17, 15) is 30.3 Å². The van der Waals surface area contributed by atoms with Crippen LogP contribution < -0.4 is 20.7 Å². The minimum atomic E-state index is -1.85. The van der Waals surface area contributed by atoms with Gasteiger partial charge in [0.1, 0.15) is 11.6 Å². The van der Waals surface area contributed by atoms with Crippen LogP contribution in [0.3, 0.4) is 0 Å². The zero-order chi connectivity index (χ0) is 60.0. The third-order valence-corrected chi connectivity index (χ3v) is 19.8. The number of fused-ring (bicyclic) bond motifs is 9. The molecule has 3 heterocycles. The topological polar surface area (TPSA) is 196 Å². The molecule has 12 atom stereocenters. The summed E-state index contributed by atoms with van der Waals surface area (Å²) in [4.78, 5) is 33.3. The summed E-state index contributed by atoms with van der Waals surface area (Å²) in [7, 11) is 1.51. The first kappa shape index (κ1) is 60.5. The van der Waals surface area contributed by atoms with Crippen molar-refractivity contribution in [2.24, 2.45) is 35.5 Å². The Labute approximate surface area is 508 Å². The number of aliphatic hydroxyl groups excluding tert-OH is 3. The Morgan fingerprint density at radius 2 is 1.59 bits per heavy atom. The molecule has 3 aliphatic carbocycles. The number of anilines is 1. The molecule has 86 heavy (non-hydrogen) atoms. The van der Waals surface area contributed by atoms with E-state index < -0.39 is 47.6 Å². The molecule has 12 heteroatoms. The highest BCUT2D eigenvalue weighted by atomic mass is 16.5. The number of carbonyl (C=O) groups is 2. The summed E-state index contributed by atoms with van der Waals surface area (Å²) < 4.78 is 5.66. The molecular formula is C74H88N4O8. The van der Waals surface area contributed by atoms with Crippen LogP contribution in [0.2, 0.25) is 0 Å². The van der Waals surface area contributed by atoms with E-state index in [2.05, 4.69) is 114 Å². The number of nitrogens with one attached hydrogen (secondary N) is 4. The molecule has 5 aliphatic rings. The molecule has 0 saturated heterocycles. The fraction of sp³-hybridized carbons (Fsp3) is 0.459. The zero-order valence-corrected chi connectivity index (χ0v) is 50.6. The molecule has 0 radical (unpaired) electrons. The van der Waals surface area contributed by atoms with Crippen molar-refractivity contribution >= 4 is 28.0 Å². The van der Waals surface area contributed by atoms with Gasteiger partial charge in [-0.1, -0.05) is 125 Å². The highest BCUT2D eigenvalue weighted by molar-refractivity contribution is 6.06. The first-order valence-electron chi connectivity index (χ1n) is 31.9. The first-order valence-corrected chi connectivity index (χ1v) is 31.9. The molecule has 12 nitrogen and oxygen atoms in total. The molecule has 6 aromatic rings. The molecule has 0 amide bonds. The quantitative estimate of drug-likeness (QED) is 0.0545. The van der Waals surface area contributed by atoms with E-state index >= 15 is 4.79 Å². The maximum atomic E-state index is 15.4. The second kappa shape index (κ2) is 27.3. The van der Waals surface area contributed by atoms with Crippen LogP contribution in [0.25, 0.3) is 10.8 Å². The third-order valence-electron chi connectivity index (χ3n) is 19.8. The number of phenolic OH excluding ortho intramolecular Hbond substituents is 2. The Hall–Kier alpha value is -7.14. The van der Waals surface area contributed by atoms with Crippen molar-refractivity contribution in [1.82, 2.24) is 15.6 Å². The lowest BCUT2D eigenvalue weighted by Crippen LogP contribution is -2.40. The van der Waals surface area contributed by atoms with Crippen LogP contribution in [0.15, 0.2) is 127 Å². The van der Waals surface area contributed by atoms with Gasteiger partial charge in [0.05, 0.1) is 25.2 Å². The number of carbonyl (C=O) groups excluding carboxylic acids is 2. The minimum absolute atomic E-state index is 0.0217. The van der Waals surface area contributed by atoms with E-state index in [1.54, 1.807) is 12.1 Å². The van der Waals surface area contributed by atoms with Crippen LogP contribution in [0.4, 0.5) is 5.69 Å². The van der Waals surface area contributed by atoms with Gasteiger partial charge in [-0.15, -0.1) is 0 Å². The van der Waals surface area contributed by atoms with Crippen LogP contribution >= 0.6 is 0 Å². The fourth-order valence-electron chi connectivity index (χ4n) is 15.2. The lowest BCUT2D eigenvalue weighted by atomic mass is 9.72. The molecule has 5 aromatic carbocycles. The number of rotatable bonds is 7. The number of allylic oxidation sites excluding steroid dienone is 2.